The second-order valence-electron chi connectivity index (χ2n) is 4.33. The average Bonchev–Trinajstić information content (AvgIpc) is 2.97. The van der Waals surface area contributed by atoms with Crippen LogP contribution in [0.1, 0.15) is 18.6 Å². The molecule has 5 nitrogen and oxygen atoms in total. The van der Waals surface area contributed by atoms with Crippen LogP contribution >= 0.6 is 11.5 Å². The summed E-state index contributed by atoms with van der Waals surface area (Å²) in [6.45, 7) is 0.675. The first-order valence-electron chi connectivity index (χ1n) is 5.75. The summed E-state index contributed by atoms with van der Waals surface area (Å²) in [5.74, 6) is -3.86. The number of benzene rings is 1. The Morgan fingerprint density at radius 2 is 2.15 bits per heavy atom. The van der Waals surface area contributed by atoms with Crippen LogP contribution in [-0.4, -0.2) is 14.1 Å². The molecule has 3 aromatic rings. The summed E-state index contributed by atoms with van der Waals surface area (Å²) in [5, 5.41) is 3.80. The van der Waals surface area contributed by atoms with Gasteiger partial charge >= 0.3 is 5.92 Å². The minimum absolute atomic E-state index is 0.0126. The van der Waals surface area contributed by atoms with Crippen molar-refractivity contribution in [2.24, 2.45) is 0 Å². The van der Waals surface area contributed by atoms with Crippen LogP contribution in [0.2, 0.25) is 0 Å². The van der Waals surface area contributed by atoms with Crippen molar-refractivity contribution in [1.82, 2.24) is 14.1 Å². The van der Waals surface area contributed by atoms with E-state index in [9.17, 15) is 13.6 Å². The van der Waals surface area contributed by atoms with Crippen LogP contribution in [0.5, 0.6) is 0 Å². The van der Waals surface area contributed by atoms with Gasteiger partial charge in [-0.05, 0) is 12.1 Å². The van der Waals surface area contributed by atoms with Crippen molar-refractivity contribution in [2.45, 2.75) is 19.4 Å². The van der Waals surface area contributed by atoms with Gasteiger partial charge in [-0.15, -0.1) is 0 Å². The van der Waals surface area contributed by atoms with Crippen molar-refractivity contribution >= 4 is 21.6 Å². The number of fused-ring (bicyclic) bond motifs is 1. The number of rotatable bonds is 3. The minimum atomic E-state index is -3.16. The second-order valence-corrected chi connectivity index (χ2v) is 5.39. The number of aromatic nitrogens is 3. The molecule has 3 rings (SSSR count). The maximum absolute atomic E-state index is 13.0. The summed E-state index contributed by atoms with van der Waals surface area (Å²) >= 11 is 1.22. The Morgan fingerprint density at radius 3 is 2.80 bits per heavy atom. The number of halogens is 2. The van der Waals surface area contributed by atoms with Gasteiger partial charge in [0.1, 0.15) is 6.54 Å². The van der Waals surface area contributed by atoms with Crippen LogP contribution in [0.15, 0.2) is 33.6 Å². The molecule has 0 aliphatic heterocycles. The third-order valence-electron chi connectivity index (χ3n) is 2.69. The predicted octanol–water partition coefficient (Wildman–Crippen LogP) is 2.61. The van der Waals surface area contributed by atoms with Crippen molar-refractivity contribution in [3.8, 4) is 0 Å². The molecule has 0 spiro atoms. The molecular formula is C12H9F2N3O2S. The molecule has 0 N–H and O–H groups in total. The largest absolute Gasteiger partial charge is 0.337 e. The molecular weight excluding hydrogens is 288 g/mol. The van der Waals surface area contributed by atoms with E-state index in [1.165, 1.54) is 15.5 Å². The van der Waals surface area contributed by atoms with E-state index >= 15 is 0 Å². The molecule has 2 heterocycles. The highest BCUT2D eigenvalue weighted by molar-refractivity contribution is 7.13. The molecule has 0 saturated carbocycles. The Hall–Kier alpha value is -2.09. The Morgan fingerprint density at radius 1 is 1.40 bits per heavy atom. The number of alkyl halides is 2. The molecule has 8 heteroatoms. The summed E-state index contributed by atoms with van der Waals surface area (Å²) < 4.78 is 33.0. The molecule has 0 amide bonds. The van der Waals surface area contributed by atoms with Gasteiger partial charge in [0.2, 0.25) is 11.7 Å². The van der Waals surface area contributed by atoms with Crippen LogP contribution in [0.4, 0.5) is 8.78 Å². The molecule has 1 aromatic carbocycles. The Balaban J connectivity index is 1.95. The lowest BCUT2D eigenvalue weighted by atomic mass is 10.3. The van der Waals surface area contributed by atoms with Gasteiger partial charge in [0.05, 0.1) is 10.1 Å². The summed E-state index contributed by atoms with van der Waals surface area (Å²) in [7, 11) is 0. The van der Waals surface area contributed by atoms with E-state index in [1.807, 2.05) is 12.1 Å². The van der Waals surface area contributed by atoms with Gasteiger partial charge in [-0.2, -0.15) is 13.8 Å². The summed E-state index contributed by atoms with van der Waals surface area (Å²) in [4.78, 5) is 15.7. The molecule has 104 valence electrons. The smallest absolute Gasteiger partial charge is 0.307 e. The maximum atomic E-state index is 13.0. The highest BCUT2D eigenvalue weighted by Crippen LogP contribution is 2.24. The van der Waals surface area contributed by atoms with Gasteiger partial charge in [-0.1, -0.05) is 28.8 Å². The average molecular weight is 297 g/mol. The lowest BCUT2D eigenvalue weighted by Crippen LogP contribution is -2.14. The number of hydrogen-bond donors (Lipinski definition) is 0. The van der Waals surface area contributed by atoms with Crippen LogP contribution in [0.25, 0.3) is 10.1 Å². The molecule has 0 aliphatic carbocycles. The van der Waals surface area contributed by atoms with E-state index < -0.39 is 11.7 Å². The fourth-order valence-electron chi connectivity index (χ4n) is 1.74. The van der Waals surface area contributed by atoms with Crippen molar-refractivity contribution in [1.29, 1.82) is 0 Å². The third kappa shape index (κ3) is 2.22. The normalized spacial score (nSPS) is 12.2. The Kier molecular flexibility index (Phi) is 2.89. The second kappa shape index (κ2) is 4.48. The maximum Gasteiger partial charge on any atom is 0.307 e. The highest BCUT2D eigenvalue weighted by Gasteiger charge is 2.31. The van der Waals surface area contributed by atoms with E-state index in [-0.39, 0.29) is 18.0 Å². The van der Waals surface area contributed by atoms with Crippen LogP contribution in [0, 0.1) is 0 Å². The third-order valence-corrected chi connectivity index (χ3v) is 3.76. The van der Waals surface area contributed by atoms with E-state index in [0.29, 0.717) is 12.3 Å². The number of hydrogen-bond acceptors (Lipinski definition) is 5. The fraction of sp³-hybridized carbons (Fsp3) is 0.250. The zero-order valence-corrected chi connectivity index (χ0v) is 11.2. The van der Waals surface area contributed by atoms with Gasteiger partial charge in [0, 0.05) is 6.92 Å². The minimum Gasteiger partial charge on any atom is -0.337 e. The first-order chi connectivity index (χ1) is 9.45. The van der Waals surface area contributed by atoms with Crippen LogP contribution in [-0.2, 0) is 12.5 Å². The van der Waals surface area contributed by atoms with Gasteiger partial charge in [-0.3, -0.25) is 8.75 Å². The van der Waals surface area contributed by atoms with Gasteiger partial charge in [0.25, 0.3) is 5.56 Å². The first-order valence-corrected chi connectivity index (χ1v) is 6.52. The fourth-order valence-corrected chi connectivity index (χ4v) is 2.73. The van der Waals surface area contributed by atoms with Gasteiger partial charge < -0.3 is 4.52 Å². The summed E-state index contributed by atoms with van der Waals surface area (Å²) in [6.07, 6.45) is 0. The molecule has 0 atom stereocenters. The molecule has 0 radical (unpaired) electrons. The van der Waals surface area contributed by atoms with E-state index in [0.717, 1.165) is 4.70 Å². The predicted molar refractivity (Wildman–Crippen MR) is 69.1 cm³/mol. The monoisotopic (exact) mass is 297 g/mol. The quantitative estimate of drug-likeness (QED) is 0.745. The summed E-state index contributed by atoms with van der Waals surface area (Å²) in [6, 6.07) is 7.12. The van der Waals surface area contributed by atoms with Crippen molar-refractivity contribution in [3.63, 3.8) is 0 Å². The topological polar surface area (TPSA) is 60.9 Å². The van der Waals surface area contributed by atoms with E-state index in [4.69, 9.17) is 4.52 Å². The SMILES string of the molecule is CC(F)(F)c1noc(Cn2sc3ccccc3c2=O)n1. The molecule has 2 aromatic heterocycles. The first kappa shape index (κ1) is 12.9. The molecule has 0 fully saturated rings. The van der Waals surface area contributed by atoms with Crippen LogP contribution < -0.4 is 5.56 Å². The van der Waals surface area contributed by atoms with E-state index in [2.05, 4.69) is 10.1 Å². The number of nitrogens with zero attached hydrogens (tertiary/aromatic N) is 3. The van der Waals surface area contributed by atoms with Crippen molar-refractivity contribution in [3.05, 3.63) is 46.3 Å². The lowest BCUT2D eigenvalue weighted by Gasteiger charge is -2.01. The lowest BCUT2D eigenvalue weighted by molar-refractivity contribution is 0.00559. The molecule has 0 saturated heterocycles. The summed E-state index contributed by atoms with van der Waals surface area (Å²) in [5.41, 5.74) is -0.200. The molecule has 20 heavy (non-hydrogen) atoms. The Bertz CT molecular complexity index is 816. The van der Waals surface area contributed by atoms with Gasteiger partial charge in [-0.25, -0.2) is 0 Å². The standard InChI is InChI=1S/C12H9F2N3O2S/c1-12(13,14)11-15-9(19-16-11)6-17-10(18)7-4-2-3-5-8(7)20-17/h2-5H,6H2,1H3. The van der Waals surface area contributed by atoms with Crippen molar-refractivity contribution < 1.29 is 13.3 Å². The highest BCUT2D eigenvalue weighted by atomic mass is 32.1. The van der Waals surface area contributed by atoms with Crippen molar-refractivity contribution in [2.75, 3.05) is 0 Å². The zero-order valence-electron chi connectivity index (χ0n) is 10.3. The van der Waals surface area contributed by atoms with Gasteiger partial charge in [0.15, 0.2) is 0 Å². The zero-order chi connectivity index (χ0) is 14.3. The molecule has 0 unspecified atom stereocenters. The van der Waals surface area contributed by atoms with Crippen LogP contribution in [0.3, 0.4) is 0 Å². The molecule has 0 aliphatic rings. The molecule has 0 bridgehead atoms. The Labute approximate surface area is 115 Å². The van der Waals surface area contributed by atoms with E-state index in [1.54, 1.807) is 12.1 Å².